The van der Waals surface area contributed by atoms with Gasteiger partial charge in [-0.05, 0) is 35.4 Å². The molecule has 1 atom stereocenters. The van der Waals surface area contributed by atoms with Crippen LogP contribution >= 0.6 is 23.2 Å². The molecule has 0 saturated carbocycles. The molecule has 0 aliphatic rings. The van der Waals surface area contributed by atoms with E-state index in [0.29, 0.717) is 10.6 Å². The predicted molar refractivity (Wildman–Crippen MR) is 65.5 cm³/mol. The van der Waals surface area contributed by atoms with Crippen molar-refractivity contribution in [3.8, 4) is 0 Å². The zero-order valence-electron chi connectivity index (χ0n) is 8.63. The molecule has 2 rings (SSSR count). The van der Waals surface area contributed by atoms with E-state index < -0.39 is 17.0 Å². The molecule has 0 nitrogen and oxygen atoms in total. The van der Waals surface area contributed by atoms with Crippen molar-refractivity contribution in [1.82, 2.24) is 0 Å². The van der Waals surface area contributed by atoms with Crippen LogP contribution in [0.4, 0.5) is 8.78 Å². The van der Waals surface area contributed by atoms with Crippen LogP contribution < -0.4 is 0 Å². The van der Waals surface area contributed by atoms with Crippen LogP contribution in [-0.4, -0.2) is 0 Å². The molecule has 1 unspecified atom stereocenters. The molecule has 4 heteroatoms. The smallest absolute Gasteiger partial charge is 0.159 e. The van der Waals surface area contributed by atoms with E-state index in [0.717, 1.165) is 17.7 Å². The summed E-state index contributed by atoms with van der Waals surface area (Å²) >= 11 is 12.0. The molecule has 0 radical (unpaired) electrons. The standard InChI is InChI=1S/C13H8Cl2F2/c14-10-3-1-2-8(6-10)13(15)9-4-5-11(16)12(17)7-9/h1-7,13H. The highest BCUT2D eigenvalue weighted by molar-refractivity contribution is 6.30. The maximum absolute atomic E-state index is 13.1. The molecule has 2 aromatic rings. The quantitative estimate of drug-likeness (QED) is 0.679. The van der Waals surface area contributed by atoms with E-state index in [1.165, 1.54) is 6.07 Å². The molecule has 88 valence electrons. The van der Waals surface area contributed by atoms with Gasteiger partial charge in [-0.3, -0.25) is 0 Å². The SMILES string of the molecule is Fc1ccc(C(Cl)c2cccc(Cl)c2)cc1F. The summed E-state index contributed by atoms with van der Waals surface area (Å²) in [7, 11) is 0. The molecule has 0 saturated heterocycles. The van der Waals surface area contributed by atoms with E-state index >= 15 is 0 Å². The van der Waals surface area contributed by atoms with Gasteiger partial charge in [0.1, 0.15) is 0 Å². The molecule has 0 aromatic heterocycles. The molecule has 0 heterocycles. The molecule has 17 heavy (non-hydrogen) atoms. The third kappa shape index (κ3) is 2.76. The van der Waals surface area contributed by atoms with Crippen molar-refractivity contribution in [2.75, 3.05) is 0 Å². The Morgan fingerprint density at radius 3 is 2.24 bits per heavy atom. The monoisotopic (exact) mass is 272 g/mol. The first kappa shape index (κ1) is 12.3. The summed E-state index contributed by atoms with van der Waals surface area (Å²) in [5.41, 5.74) is 1.23. The molecule has 0 N–H and O–H groups in total. The van der Waals surface area contributed by atoms with Gasteiger partial charge < -0.3 is 0 Å². The molecule has 0 amide bonds. The van der Waals surface area contributed by atoms with Gasteiger partial charge in [0.05, 0.1) is 5.38 Å². The highest BCUT2D eigenvalue weighted by atomic mass is 35.5. The van der Waals surface area contributed by atoms with Gasteiger partial charge in [-0.2, -0.15) is 0 Å². The molecular weight excluding hydrogens is 265 g/mol. The molecule has 0 spiro atoms. The highest BCUT2D eigenvalue weighted by Gasteiger charge is 2.13. The lowest BCUT2D eigenvalue weighted by atomic mass is 10.0. The van der Waals surface area contributed by atoms with Crippen LogP contribution in [0, 0.1) is 11.6 Å². The summed E-state index contributed by atoms with van der Waals surface area (Å²) in [6.45, 7) is 0. The van der Waals surface area contributed by atoms with E-state index in [9.17, 15) is 8.78 Å². The first-order chi connectivity index (χ1) is 8.08. The van der Waals surface area contributed by atoms with Gasteiger partial charge in [0.25, 0.3) is 0 Å². The van der Waals surface area contributed by atoms with Crippen molar-refractivity contribution >= 4 is 23.2 Å². The fraction of sp³-hybridized carbons (Fsp3) is 0.0769. The van der Waals surface area contributed by atoms with Crippen LogP contribution in [0.1, 0.15) is 16.5 Å². The van der Waals surface area contributed by atoms with Gasteiger partial charge in [-0.15, -0.1) is 11.6 Å². The molecule has 0 fully saturated rings. The highest BCUT2D eigenvalue weighted by Crippen LogP contribution is 2.30. The summed E-state index contributed by atoms with van der Waals surface area (Å²) in [6, 6.07) is 10.6. The van der Waals surface area contributed by atoms with Crippen LogP contribution in [0.2, 0.25) is 5.02 Å². The maximum atomic E-state index is 13.1. The topological polar surface area (TPSA) is 0 Å². The third-order valence-electron chi connectivity index (χ3n) is 2.38. The van der Waals surface area contributed by atoms with Crippen molar-refractivity contribution in [1.29, 1.82) is 0 Å². The number of benzene rings is 2. The Bertz CT molecular complexity index is 541. The van der Waals surface area contributed by atoms with Crippen molar-refractivity contribution in [2.45, 2.75) is 5.38 Å². The minimum absolute atomic E-state index is 0.493. The van der Waals surface area contributed by atoms with Crippen LogP contribution in [0.25, 0.3) is 0 Å². The van der Waals surface area contributed by atoms with E-state index in [-0.39, 0.29) is 0 Å². The summed E-state index contributed by atoms with van der Waals surface area (Å²) < 4.78 is 25.9. The van der Waals surface area contributed by atoms with Gasteiger partial charge in [-0.25, -0.2) is 8.78 Å². The van der Waals surface area contributed by atoms with Crippen molar-refractivity contribution in [3.05, 3.63) is 70.2 Å². The Morgan fingerprint density at radius 1 is 0.882 bits per heavy atom. The number of hydrogen-bond acceptors (Lipinski definition) is 0. The van der Waals surface area contributed by atoms with E-state index in [1.807, 2.05) is 0 Å². The number of rotatable bonds is 2. The van der Waals surface area contributed by atoms with Crippen LogP contribution in [0.3, 0.4) is 0 Å². The van der Waals surface area contributed by atoms with Crippen molar-refractivity contribution in [3.63, 3.8) is 0 Å². The Morgan fingerprint density at radius 2 is 1.59 bits per heavy atom. The van der Waals surface area contributed by atoms with Gasteiger partial charge in [0.15, 0.2) is 11.6 Å². The molecular formula is C13H8Cl2F2. The van der Waals surface area contributed by atoms with Gasteiger partial charge in [0, 0.05) is 5.02 Å². The molecule has 2 aromatic carbocycles. The Kier molecular flexibility index (Phi) is 3.65. The van der Waals surface area contributed by atoms with Crippen LogP contribution in [0.15, 0.2) is 42.5 Å². The summed E-state index contributed by atoms with van der Waals surface area (Å²) in [6.07, 6.45) is 0. The zero-order chi connectivity index (χ0) is 12.4. The second kappa shape index (κ2) is 5.03. The van der Waals surface area contributed by atoms with Gasteiger partial charge >= 0.3 is 0 Å². The van der Waals surface area contributed by atoms with Crippen molar-refractivity contribution in [2.24, 2.45) is 0 Å². The van der Waals surface area contributed by atoms with E-state index in [2.05, 4.69) is 0 Å². The van der Waals surface area contributed by atoms with E-state index in [1.54, 1.807) is 24.3 Å². The number of hydrogen-bond donors (Lipinski definition) is 0. The Balaban J connectivity index is 2.36. The van der Waals surface area contributed by atoms with Crippen molar-refractivity contribution < 1.29 is 8.78 Å². The second-order valence-electron chi connectivity index (χ2n) is 3.59. The lowest BCUT2D eigenvalue weighted by Crippen LogP contribution is -1.95. The summed E-state index contributed by atoms with van der Waals surface area (Å²) in [5.74, 6) is -1.79. The molecule has 0 aliphatic heterocycles. The second-order valence-corrected chi connectivity index (χ2v) is 4.46. The van der Waals surface area contributed by atoms with Crippen LogP contribution in [-0.2, 0) is 0 Å². The zero-order valence-corrected chi connectivity index (χ0v) is 10.1. The minimum atomic E-state index is -0.907. The normalized spacial score (nSPS) is 12.5. The number of alkyl halides is 1. The molecule has 0 aliphatic carbocycles. The minimum Gasteiger partial charge on any atom is -0.204 e. The average molecular weight is 273 g/mol. The Labute approximate surface area is 108 Å². The lowest BCUT2D eigenvalue weighted by molar-refractivity contribution is 0.507. The number of halogens is 4. The third-order valence-corrected chi connectivity index (χ3v) is 3.12. The van der Waals surface area contributed by atoms with Gasteiger partial charge in [0.2, 0.25) is 0 Å². The summed E-state index contributed by atoms with van der Waals surface area (Å²) in [5, 5.41) is -0.000432. The fourth-order valence-corrected chi connectivity index (χ4v) is 2.00. The van der Waals surface area contributed by atoms with Gasteiger partial charge in [-0.1, -0.05) is 29.8 Å². The first-order valence-electron chi connectivity index (χ1n) is 4.92. The average Bonchev–Trinajstić information content (AvgIpc) is 2.32. The Hall–Kier alpha value is -1.12. The lowest BCUT2D eigenvalue weighted by Gasteiger charge is -2.10. The summed E-state index contributed by atoms with van der Waals surface area (Å²) in [4.78, 5) is 0. The van der Waals surface area contributed by atoms with E-state index in [4.69, 9.17) is 23.2 Å². The predicted octanol–water partition coefficient (Wildman–Crippen LogP) is 4.95. The maximum Gasteiger partial charge on any atom is 0.159 e. The first-order valence-corrected chi connectivity index (χ1v) is 5.74. The van der Waals surface area contributed by atoms with Crippen LogP contribution in [0.5, 0.6) is 0 Å². The fourth-order valence-electron chi connectivity index (χ4n) is 1.53. The molecule has 0 bridgehead atoms. The largest absolute Gasteiger partial charge is 0.204 e.